The molecule has 0 aliphatic heterocycles. The number of halogens is 2. The lowest BCUT2D eigenvalue weighted by Crippen LogP contribution is -2.29. The Labute approximate surface area is 110 Å². The van der Waals surface area contributed by atoms with Crippen LogP contribution in [0.5, 0.6) is 0 Å². The molecule has 92 valence electrons. The number of benzene rings is 1. The fourth-order valence-electron chi connectivity index (χ4n) is 1.39. The zero-order chi connectivity index (χ0) is 13.0. The molecule has 0 aromatic heterocycles. The SMILES string of the molecule is CN(C)CCN(C)c1ccc(C#N)c(Br)c1F. The van der Waals surface area contributed by atoms with Crippen LogP contribution in [0.25, 0.3) is 0 Å². The molecule has 0 aliphatic carbocycles. The molecule has 1 rings (SSSR count). The number of anilines is 1. The molecule has 0 fully saturated rings. The predicted octanol–water partition coefficient (Wildman–Crippen LogP) is 2.46. The highest BCUT2D eigenvalue weighted by Gasteiger charge is 2.14. The number of hydrogen-bond acceptors (Lipinski definition) is 3. The largest absolute Gasteiger partial charge is 0.371 e. The highest BCUT2D eigenvalue weighted by atomic mass is 79.9. The topological polar surface area (TPSA) is 30.3 Å². The molecule has 0 radical (unpaired) electrons. The summed E-state index contributed by atoms with van der Waals surface area (Å²) in [4.78, 5) is 3.87. The highest BCUT2D eigenvalue weighted by molar-refractivity contribution is 9.10. The summed E-state index contributed by atoms with van der Waals surface area (Å²) < 4.78 is 14.2. The van der Waals surface area contributed by atoms with Crippen molar-refractivity contribution >= 4 is 21.6 Å². The van der Waals surface area contributed by atoms with Crippen LogP contribution in [0.15, 0.2) is 16.6 Å². The molecule has 0 bridgehead atoms. The molecule has 0 unspecified atom stereocenters. The molecule has 0 saturated heterocycles. The van der Waals surface area contributed by atoms with Crippen molar-refractivity contribution in [3.05, 3.63) is 28.0 Å². The van der Waals surface area contributed by atoms with E-state index in [1.165, 1.54) is 0 Å². The lowest BCUT2D eigenvalue weighted by molar-refractivity contribution is 0.415. The molecular formula is C12H15BrFN3. The van der Waals surface area contributed by atoms with Crippen LogP contribution in [-0.2, 0) is 0 Å². The normalized spacial score (nSPS) is 10.4. The summed E-state index contributed by atoms with van der Waals surface area (Å²) in [5.74, 6) is -0.384. The van der Waals surface area contributed by atoms with E-state index in [1.54, 1.807) is 12.1 Å². The average Bonchev–Trinajstić information content (AvgIpc) is 2.29. The minimum Gasteiger partial charge on any atom is -0.371 e. The van der Waals surface area contributed by atoms with E-state index in [0.717, 1.165) is 13.1 Å². The Kier molecular flexibility index (Phi) is 4.91. The lowest BCUT2D eigenvalue weighted by Gasteiger charge is -2.22. The molecule has 0 atom stereocenters. The molecule has 5 heteroatoms. The zero-order valence-corrected chi connectivity index (χ0v) is 11.8. The minimum absolute atomic E-state index is 0.231. The van der Waals surface area contributed by atoms with Gasteiger partial charge in [0.15, 0.2) is 5.82 Å². The second-order valence-corrected chi connectivity index (χ2v) is 4.89. The van der Waals surface area contributed by atoms with E-state index < -0.39 is 0 Å². The summed E-state index contributed by atoms with van der Waals surface area (Å²) in [6, 6.07) is 5.19. The Bertz CT molecular complexity index is 440. The van der Waals surface area contributed by atoms with Gasteiger partial charge in [-0.05, 0) is 42.2 Å². The molecule has 0 aliphatic rings. The lowest BCUT2D eigenvalue weighted by atomic mass is 10.2. The molecule has 0 N–H and O–H groups in total. The maximum absolute atomic E-state index is 14.0. The van der Waals surface area contributed by atoms with Gasteiger partial charge in [0.05, 0.1) is 15.7 Å². The van der Waals surface area contributed by atoms with E-state index >= 15 is 0 Å². The number of nitriles is 1. The molecule has 1 aromatic rings. The fraction of sp³-hybridized carbons (Fsp3) is 0.417. The molecule has 0 heterocycles. The van der Waals surface area contributed by atoms with Gasteiger partial charge in [0.25, 0.3) is 0 Å². The van der Waals surface area contributed by atoms with Crippen LogP contribution < -0.4 is 4.90 Å². The van der Waals surface area contributed by atoms with Crippen molar-refractivity contribution in [2.45, 2.75) is 0 Å². The standard InChI is InChI=1S/C12H15BrFN3/c1-16(2)6-7-17(3)10-5-4-9(8-15)11(13)12(10)14/h4-5H,6-7H2,1-3H3. The van der Waals surface area contributed by atoms with Crippen LogP contribution >= 0.6 is 15.9 Å². The van der Waals surface area contributed by atoms with E-state index in [1.807, 2.05) is 37.0 Å². The fourth-order valence-corrected chi connectivity index (χ4v) is 1.81. The van der Waals surface area contributed by atoms with Gasteiger partial charge in [0.1, 0.15) is 6.07 Å². The molecular weight excluding hydrogens is 285 g/mol. The quantitative estimate of drug-likeness (QED) is 0.855. The molecule has 3 nitrogen and oxygen atoms in total. The maximum Gasteiger partial charge on any atom is 0.161 e. The predicted molar refractivity (Wildman–Crippen MR) is 70.6 cm³/mol. The van der Waals surface area contributed by atoms with Gasteiger partial charge in [0, 0.05) is 20.1 Å². The third-order valence-electron chi connectivity index (χ3n) is 2.48. The minimum atomic E-state index is -0.384. The summed E-state index contributed by atoms with van der Waals surface area (Å²) in [5.41, 5.74) is 0.810. The van der Waals surface area contributed by atoms with Crippen molar-refractivity contribution in [3.8, 4) is 6.07 Å². The maximum atomic E-state index is 14.0. The Morgan fingerprint density at radius 1 is 1.29 bits per heavy atom. The highest BCUT2D eigenvalue weighted by Crippen LogP contribution is 2.28. The van der Waals surface area contributed by atoms with Crippen LogP contribution in [0.3, 0.4) is 0 Å². The van der Waals surface area contributed by atoms with Gasteiger partial charge in [-0.15, -0.1) is 0 Å². The number of nitrogens with zero attached hydrogens (tertiary/aromatic N) is 3. The number of hydrogen-bond donors (Lipinski definition) is 0. The summed E-state index contributed by atoms with van der Waals surface area (Å²) in [7, 11) is 5.78. The van der Waals surface area contributed by atoms with Crippen molar-refractivity contribution < 1.29 is 4.39 Å². The molecule has 0 saturated carbocycles. The van der Waals surface area contributed by atoms with Crippen LogP contribution in [0.4, 0.5) is 10.1 Å². The van der Waals surface area contributed by atoms with E-state index in [-0.39, 0.29) is 10.3 Å². The summed E-state index contributed by atoms with van der Waals surface area (Å²) in [6.45, 7) is 1.57. The summed E-state index contributed by atoms with van der Waals surface area (Å²) in [5, 5.41) is 8.78. The van der Waals surface area contributed by atoms with Gasteiger partial charge < -0.3 is 9.80 Å². The third-order valence-corrected chi connectivity index (χ3v) is 3.25. The van der Waals surface area contributed by atoms with Crippen LogP contribution in [-0.4, -0.2) is 39.1 Å². The van der Waals surface area contributed by atoms with Gasteiger partial charge in [-0.2, -0.15) is 5.26 Å². The van der Waals surface area contributed by atoms with Gasteiger partial charge >= 0.3 is 0 Å². The monoisotopic (exact) mass is 299 g/mol. The van der Waals surface area contributed by atoms with E-state index in [4.69, 9.17) is 5.26 Å². The van der Waals surface area contributed by atoms with Crippen molar-refractivity contribution in [2.24, 2.45) is 0 Å². The van der Waals surface area contributed by atoms with E-state index in [2.05, 4.69) is 15.9 Å². The Morgan fingerprint density at radius 2 is 1.94 bits per heavy atom. The zero-order valence-electron chi connectivity index (χ0n) is 10.2. The summed E-state index contributed by atoms with van der Waals surface area (Å²) in [6.07, 6.45) is 0. The Morgan fingerprint density at radius 3 is 2.47 bits per heavy atom. The average molecular weight is 300 g/mol. The molecule has 0 amide bonds. The number of rotatable bonds is 4. The summed E-state index contributed by atoms with van der Waals surface area (Å²) >= 11 is 3.10. The van der Waals surface area contributed by atoms with Crippen molar-refractivity contribution in [1.82, 2.24) is 4.90 Å². The first-order valence-electron chi connectivity index (χ1n) is 5.21. The van der Waals surface area contributed by atoms with Gasteiger partial charge in [-0.3, -0.25) is 0 Å². The van der Waals surface area contributed by atoms with Crippen LogP contribution in [0.2, 0.25) is 0 Å². The van der Waals surface area contributed by atoms with E-state index in [0.29, 0.717) is 11.3 Å². The second-order valence-electron chi connectivity index (χ2n) is 4.10. The first-order valence-corrected chi connectivity index (χ1v) is 6.00. The van der Waals surface area contributed by atoms with Crippen LogP contribution in [0, 0.1) is 17.1 Å². The van der Waals surface area contributed by atoms with Crippen molar-refractivity contribution in [3.63, 3.8) is 0 Å². The van der Waals surface area contributed by atoms with E-state index in [9.17, 15) is 4.39 Å². The third kappa shape index (κ3) is 3.42. The molecule has 0 spiro atoms. The first kappa shape index (κ1) is 13.9. The van der Waals surface area contributed by atoms with Crippen molar-refractivity contribution in [1.29, 1.82) is 5.26 Å². The van der Waals surface area contributed by atoms with Gasteiger partial charge in [0.2, 0.25) is 0 Å². The first-order chi connectivity index (χ1) is 7.97. The van der Waals surface area contributed by atoms with Gasteiger partial charge in [-0.1, -0.05) is 0 Å². The van der Waals surface area contributed by atoms with Crippen LogP contribution in [0.1, 0.15) is 5.56 Å². The molecule has 17 heavy (non-hydrogen) atoms. The Balaban J connectivity index is 2.92. The number of likely N-dealkylation sites (N-methyl/N-ethyl adjacent to an activating group) is 2. The Hall–Kier alpha value is -1.12. The smallest absolute Gasteiger partial charge is 0.161 e. The van der Waals surface area contributed by atoms with Gasteiger partial charge in [-0.25, -0.2) is 4.39 Å². The molecule has 1 aromatic carbocycles. The second kappa shape index (κ2) is 5.99. The van der Waals surface area contributed by atoms with Crippen molar-refractivity contribution in [2.75, 3.05) is 39.1 Å².